The molecule has 1 unspecified atom stereocenters. The minimum absolute atomic E-state index is 0.567. The first-order valence-corrected chi connectivity index (χ1v) is 6.84. The van der Waals surface area contributed by atoms with Crippen LogP contribution < -0.4 is 5.32 Å². The van der Waals surface area contributed by atoms with Crippen LogP contribution in [0.15, 0.2) is 4.47 Å². The minimum Gasteiger partial charge on any atom is -0.315 e. The predicted octanol–water partition coefficient (Wildman–Crippen LogP) is 2.90. The molecule has 1 N–H and O–H groups in total. The summed E-state index contributed by atoms with van der Waals surface area (Å²) >= 11 is 3.63. The van der Waals surface area contributed by atoms with Gasteiger partial charge in [0, 0.05) is 12.6 Å². The zero-order chi connectivity index (χ0) is 12.1. The summed E-state index contributed by atoms with van der Waals surface area (Å²) in [5.41, 5.74) is 2.41. The zero-order valence-electron chi connectivity index (χ0n) is 10.7. The zero-order valence-corrected chi connectivity index (χ0v) is 12.3. The summed E-state index contributed by atoms with van der Waals surface area (Å²) in [4.78, 5) is 0. The standard InChI is InChI=1S/C12H22BrN3/c1-5-14-9(3)7-8-11-12(13)10(4)15-16(11)6-2/h9,14H,5-8H2,1-4H3. The molecule has 1 aromatic heterocycles. The summed E-state index contributed by atoms with van der Waals surface area (Å²) in [6.45, 7) is 10.5. The van der Waals surface area contributed by atoms with Gasteiger partial charge in [-0.3, -0.25) is 4.68 Å². The number of rotatable bonds is 6. The largest absolute Gasteiger partial charge is 0.315 e. The number of aromatic nitrogens is 2. The molecule has 92 valence electrons. The average Bonchev–Trinajstić information content (AvgIpc) is 2.53. The van der Waals surface area contributed by atoms with Gasteiger partial charge in [-0.05, 0) is 56.1 Å². The molecule has 1 rings (SSSR count). The lowest BCUT2D eigenvalue weighted by molar-refractivity contribution is 0.513. The van der Waals surface area contributed by atoms with Gasteiger partial charge in [-0.2, -0.15) is 5.10 Å². The smallest absolute Gasteiger partial charge is 0.0738 e. The van der Waals surface area contributed by atoms with Crippen molar-refractivity contribution in [3.63, 3.8) is 0 Å². The second-order valence-corrected chi connectivity index (χ2v) is 4.95. The Morgan fingerprint density at radius 3 is 2.69 bits per heavy atom. The van der Waals surface area contributed by atoms with Crippen LogP contribution in [0.1, 0.15) is 38.6 Å². The van der Waals surface area contributed by atoms with Gasteiger partial charge in [0.15, 0.2) is 0 Å². The summed E-state index contributed by atoms with van der Waals surface area (Å²) in [5.74, 6) is 0. The second-order valence-electron chi connectivity index (χ2n) is 4.16. The van der Waals surface area contributed by atoms with Gasteiger partial charge in [0.25, 0.3) is 0 Å². The molecule has 0 saturated carbocycles. The van der Waals surface area contributed by atoms with Gasteiger partial charge < -0.3 is 5.32 Å². The van der Waals surface area contributed by atoms with E-state index in [1.165, 1.54) is 10.2 Å². The maximum absolute atomic E-state index is 4.50. The Morgan fingerprint density at radius 2 is 2.12 bits per heavy atom. The van der Waals surface area contributed by atoms with E-state index >= 15 is 0 Å². The molecule has 0 aliphatic heterocycles. The van der Waals surface area contributed by atoms with E-state index in [1.807, 2.05) is 6.92 Å². The van der Waals surface area contributed by atoms with Crippen molar-refractivity contribution in [1.82, 2.24) is 15.1 Å². The van der Waals surface area contributed by atoms with Gasteiger partial charge in [-0.15, -0.1) is 0 Å². The highest BCUT2D eigenvalue weighted by atomic mass is 79.9. The molecule has 16 heavy (non-hydrogen) atoms. The first kappa shape index (κ1) is 13.7. The summed E-state index contributed by atoms with van der Waals surface area (Å²) in [6, 6.07) is 0.567. The normalized spacial score (nSPS) is 13.1. The highest BCUT2D eigenvalue weighted by Crippen LogP contribution is 2.22. The molecule has 0 bridgehead atoms. The third kappa shape index (κ3) is 3.32. The maximum atomic E-state index is 4.50. The fourth-order valence-electron chi connectivity index (χ4n) is 1.91. The van der Waals surface area contributed by atoms with E-state index in [0.717, 1.165) is 31.6 Å². The number of nitrogens with one attached hydrogen (secondary N) is 1. The lowest BCUT2D eigenvalue weighted by Crippen LogP contribution is -2.26. The van der Waals surface area contributed by atoms with Crippen molar-refractivity contribution >= 4 is 15.9 Å². The monoisotopic (exact) mass is 287 g/mol. The Labute approximate surface area is 107 Å². The molecular weight excluding hydrogens is 266 g/mol. The van der Waals surface area contributed by atoms with Crippen LogP contribution in [0, 0.1) is 6.92 Å². The van der Waals surface area contributed by atoms with Crippen molar-refractivity contribution in [2.45, 2.75) is 53.1 Å². The van der Waals surface area contributed by atoms with Gasteiger partial charge in [0.1, 0.15) is 0 Å². The Bertz CT molecular complexity index is 333. The first-order chi connectivity index (χ1) is 7.60. The molecule has 3 nitrogen and oxygen atoms in total. The number of aryl methyl sites for hydroxylation is 2. The molecule has 0 saturated heterocycles. The predicted molar refractivity (Wildman–Crippen MR) is 71.8 cm³/mol. The van der Waals surface area contributed by atoms with Gasteiger partial charge >= 0.3 is 0 Å². The lowest BCUT2D eigenvalue weighted by Gasteiger charge is -2.12. The van der Waals surface area contributed by atoms with Crippen LogP contribution in [0.4, 0.5) is 0 Å². The molecule has 0 amide bonds. The van der Waals surface area contributed by atoms with E-state index in [9.17, 15) is 0 Å². The van der Waals surface area contributed by atoms with Crippen molar-refractivity contribution in [2.24, 2.45) is 0 Å². The highest BCUT2D eigenvalue weighted by molar-refractivity contribution is 9.10. The molecule has 1 aromatic rings. The quantitative estimate of drug-likeness (QED) is 0.872. The van der Waals surface area contributed by atoms with Crippen LogP contribution in [-0.4, -0.2) is 22.4 Å². The molecule has 4 heteroatoms. The van der Waals surface area contributed by atoms with Crippen LogP contribution in [0.5, 0.6) is 0 Å². The third-order valence-electron chi connectivity index (χ3n) is 2.82. The van der Waals surface area contributed by atoms with Crippen molar-refractivity contribution in [1.29, 1.82) is 0 Å². The lowest BCUT2D eigenvalue weighted by atomic mass is 10.1. The summed E-state index contributed by atoms with van der Waals surface area (Å²) in [5, 5.41) is 7.94. The molecule has 0 aliphatic rings. The van der Waals surface area contributed by atoms with E-state index in [-0.39, 0.29) is 0 Å². The molecule has 0 radical (unpaired) electrons. The summed E-state index contributed by atoms with van der Waals surface area (Å²) in [6.07, 6.45) is 2.22. The van der Waals surface area contributed by atoms with Crippen LogP contribution >= 0.6 is 15.9 Å². The number of nitrogens with zero attached hydrogens (tertiary/aromatic N) is 2. The van der Waals surface area contributed by atoms with Gasteiger partial charge in [-0.25, -0.2) is 0 Å². The molecule has 0 aromatic carbocycles. The van der Waals surface area contributed by atoms with Crippen molar-refractivity contribution in [3.05, 3.63) is 15.9 Å². The van der Waals surface area contributed by atoms with E-state index in [0.29, 0.717) is 6.04 Å². The Hall–Kier alpha value is -0.350. The van der Waals surface area contributed by atoms with Crippen molar-refractivity contribution in [3.8, 4) is 0 Å². The molecule has 0 spiro atoms. The number of halogens is 1. The van der Waals surface area contributed by atoms with Gasteiger partial charge in [-0.1, -0.05) is 6.92 Å². The fraction of sp³-hybridized carbons (Fsp3) is 0.750. The van der Waals surface area contributed by atoms with Crippen molar-refractivity contribution in [2.75, 3.05) is 6.54 Å². The summed E-state index contributed by atoms with van der Waals surface area (Å²) in [7, 11) is 0. The van der Waals surface area contributed by atoms with E-state index in [2.05, 4.69) is 51.8 Å². The fourth-order valence-corrected chi connectivity index (χ4v) is 2.39. The second kappa shape index (κ2) is 6.40. The SMILES string of the molecule is CCNC(C)CCc1c(Br)c(C)nn1CC. The Balaban J connectivity index is 2.65. The molecular formula is C12H22BrN3. The number of hydrogen-bond donors (Lipinski definition) is 1. The van der Waals surface area contributed by atoms with Crippen LogP contribution in [0.2, 0.25) is 0 Å². The van der Waals surface area contributed by atoms with Crippen LogP contribution in [-0.2, 0) is 13.0 Å². The number of hydrogen-bond acceptors (Lipinski definition) is 2. The molecule has 0 aliphatic carbocycles. The van der Waals surface area contributed by atoms with Crippen molar-refractivity contribution < 1.29 is 0 Å². The Kier molecular flexibility index (Phi) is 5.49. The van der Waals surface area contributed by atoms with Crippen LogP contribution in [0.3, 0.4) is 0 Å². The molecule has 1 atom stereocenters. The average molecular weight is 288 g/mol. The van der Waals surface area contributed by atoms with Gasteiger partial charge in [0.05, 0.1) is 15.9 Å². The van der Waals surface area contributed by atoms with Crippen LogP contribution in [0.25, 0.3) is 0 Å². The third-order valence-corrected chi connectivity index (χ3v) is 3.85. The van der Waals surface area contributed by atoms with Gasteiger partial charge in [0.2, 0.25) is 0 Å². The molecule has 1 heterocycles. The summed E-state index contributed by atoms with van der Waals surface area (Å²) < 4.78 is 3.27. The minimum atomic E-state index is 0.567. The maximum Gasteiger partial charge on any atom is 0.0738 e. The first-order valence-electron chi connectivity index (χ1n) is 6.05. The highest BCUT2D eigenvalue weighted by Gasteiger charge is 2.12. The van der Waals surface area contributed by atoms with E-state index in [1.54, 1.807) is 0 Å². The molecule has 0 fully saturated rings. The topological polar surface area (TPSA) is 29.9 Å². The Morgan fingerprint density at radius 1 is 1.44 bits per heavy atom. The van der Waals surface area contributed by atoms with E-state index < -0.39 is 0 Å². The van der Waals surface area contributed by atoms with E-state index in [4.69, 9.17) is 0 Å².